The summed E-state index contributed by atoms with van der Waals surface area (Å²) in [5.41, 5.74) is 19.2. The SMILES string of the molecule is CC1(C)c2ccccc2-c2cccc(N(c3cccc(-c4cccc5oc6ccccc6c45)c3)c3ccc4c(oc5ccccc54)c3-c3ccccc3-n3c4ccccc4c4ccccc43)c21. The van der Waals surface area contributed by atoms with Crippen molar-refractivity contribution in [1.82, 2.24) is 4.57 Å². The van der Waals surface area contributed by atoms with Crippen LogP contribution in [0.3, 0.4) is 0 Å². The average Bonchev–Trinajstić information content (AvgIpc) is 4.11. The van der Waals surface area contributed by atoms with Crippen LogP contribution in [-0.4, -0.2) is 4.57 Å². The molecule has 0 amide bonds. The molecule has 0 aliphatic heterocycles. The van der Waals surface area contributed by atoms with Gasteiger partial charge in [0.1, 0.15) is 22.3 Å². The number of aromatic nitrogens is 1. The van der Waals surface area contributed by atoms with E-state index < -0.39 is 0 Å². The fourth-order valence-electron chi connectivity index (χ4n) is 11.5. The summed E-state index contributed by atoms with van der Waals surface area (Å²) in [6.45, 7) is 4.75. The highest BCUT2D eigenvalue weighted by Crippen LogP contribution is 2.56. The van der Waals surface area contributed by atoms with E-state index in [0.717, 1.165) is 99.9 Å². The lowest BCUT2D eigenvalue weighted by Gasteiger charge is -2.34. The van der Waals surface area contributed by atoms with Gasteiger partial charge in [-0.3, -0.25) is 0 Å². The maximum Gasteiger partial charge on any atom is 0.145 e. The minimum absolute atomic E-state index is 0.301. The molecule has 0 saturated carbocycles. The Bertz CT molecular complexity index is 4110. The summed E-state index contributed by atoms with van der Waals surface area (Å²) >= 11 is 0. The van der Waals surface area contributed by atoms with Crippen LogP contribution < -0.4 is 4.90 Å². The maximum atomic E-state index is 7.16. The Labute approximate surface area is 387 Å². The van der Waals surface area contributed by atoms with Gasteiger partial charge in [0.2, 0.25) is 0 Å². The van der Waals surface area contributed by atoms with E-state index in [0.29, 0.717) is 0 Å². The smallest absolute Gasteiger partial charge is 0.145 e. The summed E-state index contributed by atoms with van der Waals surface area (Å²) in [6, 6.07) is 79.0. The zero-order chi connectivity index (χ0) is 44.4. The highest BCUT2D eigenvalue weighted by atomic mass is 16.3. The molecule has 14 rings (SSSR count). The fraction of sp³-hybridized carbons (Fsp3) is 0.0476. The summed E-state index contributed by atoms with van der Waals surface area (Å²) in [6.07, 6.45) is 0. The van der Waals surface area contributed by atoms with Gasteiger partial charge in [0.05, 0.1) is 33.7 Å². The van der Waals surface area contributed by atoms with Gasteiger partial charge >= 0.3 is 0 Å². The lowest BCUT2D eigenvalue weighted by Crippen LogP contribution is -2.21. The predicted octanol–water partition coefficient (Wildman–Crippen LogP) is 17.7. The molecule has 3 aromatic heterocycles. The van der Waals surface area contributed by atoms with Crippen LogP contribution in [0.2, 0.25) is 0 Å². The first-order valence-corrected chi connectivity index (χ1v) is 23.1. The summed E-state index contributed by atoms with van der Waals surface area (Å²) in [5.74, 6) is 0. The zero-order valence-electron chi connectivity index (χ0n) is 37.0. The molecule has 1 aliphatic rings. The van der Waals surface area contributed by atoms with Gasteiger partial charge in [0, 0.05) is 49.0 Å². The second kappa shape index (κ2) is 14.2. The second-order valence-corrected chi connectivity index (χ2v) is 18.4. The largest absolute Gasteiger partial charge is 0.456 e. The van der Waals surface area contributed by atoms with E-state index in [1.54, 1.807) is 0 Å². The number of fused-ring (bicyclic) bond motifs is 12. The predicted molar refractivity (Wildman–Crippen MR) is 278 cm³/mol. The molecule has 0 fully saturated rings. The van der Waals surface area contributed by atoms with Crippen molar-refractivity contribution in [3.8, 4) is 39.1 Å². The van der Waals surface area contributed by atoms with Crippen molar-refractivity contribution in [2.75, 3.05) is 4.90 Å². The fourth-order valence-corrected chi connectivity index (χ4v) is 11.5. The Balaban J connectivity index is 1.11. The Morgan fingerprint density at radius 1 is 0.418 bits per heavy atom. The molecule has 1 aliphatic carbocycles. The van der Waals surface area contributed by atoms with Crippen LogP contribution in [-0.2, 0) is 5.41 Å². The molecule has 3 heterocycles. The summed E-state index contributed by atoms with van der Waals surface area (Å²) in [4.78, 5) is 2.51. The first-order chi connectivity index (χ1) is 33.0. The normalized spacial score (nSPS) is 13.0. The van der Waals surface area contributed by atoms with E-state index in [4.69, 9.17) is 8.83 Å². The van der Waals surface area contributed by atoms with Crippen molar-refractivity contribution in [2.45, 2.75) is 19.3 Å². The van der Waals surface area contributed by atoms with Gasteiger partial charge in [0.25, 0.3) is 0 Å². The monoisotopic (exact) mass is 858 g/mol. The van der Waals surface area contributed by atoms with E-state index in [1.165, 1.54) is 33.0 Å². The van der Waals surface area contributed by atoms with E-state index in [9.17, 15) is 0 Å². The minimum Gasteiger partial charge on any atom is -0.456 e. The maximum absolute atomic E-state index is 7.16. The van der Waals surface area contributed by atoms with Crippen LogP contribution in [0, 0.1) is 0 Å². The lowest BCUT2D eigenvalue weighted by molar-refractivity contribution is 0.660. The molecular formula is C63H42N2O2. The van der Waals surface area contributed by atoms with Crippen LogP contribution in [0.25, 0.3) is 105 Å². The van der Waals surface area contributed by atoms with Crippen molar-refractivity contribution in [3.05, 3.63) is 230 Å². The first kappa shape index (κ1) is 37.7. The highest BCUT2D eigenvalue weighted by Gasteiger charge is 2.39. The van der Waals surface area contributed by atoms with Gasteiger partial charge in [-0.1, -0.05) is 166 Å². The van der Waals surface area contributed by atoms with Gasteiger partial charge < -0.3 is 18.3 Å². The second-order valence-electron chi connectivity index (χ2n) is 18.4. The van der Waals surface area contributed by atoms with Crippen LogP contribution in [0.4, 0.5) is 17.1 Å². The number of nitrogens with zero attached hydrogens (tertiary/aromatic N) is 2. The molecule has 0 saturated heterocycles. The number of hydrogen-bond donors (Lipinski definition) is 0. The van der Waals surface area contributed by atoms with Crippen LogP contribution in [0.1, 0.15) is 25.0 Å². The molecule has 67 heavy (non-hydrogen) atoms. The topological polar surface area (TPSA) is 34.5 Å². The summed E-state index contributed by atoms with van der Waals surface area (Å²) < 4.78 is 16.0. The third-order valence-corrected chi connectivity index (χ3v) is 14.4. The van der Waals surface area contributed by atoms with Gasteiger partial charge in [-0.05, 0) is 100 Å². The number of para-hydroxylation sites is 5. The number of furan rings is 2. The molecule has 10 aromatic carbocycles. The van der Waals surface area contributed by atoms with Crippen molar-refractivity contribution < 1.29 is 8.83 Å². The molecule has 0 unspecified atom stereocenters. The van der Waals surface area contributed by atoms with E-state index >= 15 is 0 Å². The average molecular weight is 859 g/mol. The molecule has 13 aromatic rings. The van der Waals surface area contributed by atoms with Crippen LogP contribution in [0.5, 0.6) is 0 Å². The van der Waals surface area contributed by atoms with Crippen LogP contribution >= 0.6 is 0 Å². The highest BCUT2D eigenvalue weighted by molar-refractivity contribution is 6.16. The Hall–Kier alpha value is -8.60. The molecule has 0 N–H and O–H groups in total. The van der Waals surface area contributed by atoms with Crippen LogP contribution in [0.15, 0.2) is 227 Å². The van der Waals surface area contributed by atoms with Crippen molar-refractivity contribution in [1.29, 1.82) is 0 Å². The number of rotatable bonds is 6. The standard InChI is InChI=1S/C63H42N2O2/c1-63(2)50-28-9-3-20-42(50)46-27-16-32-55(61(46)63)64(40-19-15-18-39(38-40)41-26-17-35-58-59(41)49-25-8-14-34-57(49)66-58)54-37-36-47-45-23-7-13-33-56(45)67-62(47)60(54)48-24-6-12-31-53(48)65-51-29-10-4-21-43(51)44-22-5-11-30-52(44)65/h3-38H,1-2H3. The Kier molecular flexibility index (Phi) is 8.00. The third kappa shape index (κ3) is 5.41. The van der Waals surface area contributed by atoms with Crippen molar-refractivity contribution >= 4 is 82.7 Å². The molecule has 316 valence electrons. The van der Waals surface area contributed by atoms with Gasteiger partial charge in [-0.15, -0.1) is 0 Å². The van der Waals surface area contributed by atoms with Gasteiger partial charge in [-0.2, -0.15) is 0 Å². The van der Waals surface area contributed by atoms with E-state index in [1.807, 2.05) is 6.07 Å². The third-order valence-electron chi connectivity index (χ3n) is 14.4. The van der Waals surface area contributed by atoms with E-state index in [-0.39, 0.29) is 5.41 Å². The molecule has 0 spiro atoms. The molecule has 4 heteroatoms. The molecule has 0 bridgehead atoms. The summed E-state index contributed by atoms with van der Waals surface area (Å²) in [5, 5.41) is 6.82. The number of benzene rings is 10. The quantitative estimate of drug-likeness (QED) is 0.167. The zero-order valence-corrected chi connectivity index (χ0v) is 37.0. The Morgan fingerprint density at radius 2 is 1.01 bits per heavy atom. The molecule has 4 nitrogen and oxygen atoms in total. The molecule has 0 radical (unpaired) electrons. The Morgan fingerprint density at radius 3 is 1.82 bits per heavy atom. The van der Waals surface area contributed by atoms with E-state index in [2.05, 4.69) is 236 Å². The summed E-state index contributed by atoms with van der Waals surface area (Å²) in [7, 11) is 0. The first-order valence-electron chi connectivity index (χ1n) is 23.1. The molecular weight excluding hydrogens is 817 g/mol. The van der Waals surface area contributed by atoms with Gasteiger partial charge in [0.15, 0.2) is 0 Å². The minimum atomic E-state index is -0.301. The van der Waals surface area contributed by atoms with Crippen molar-refractivity contribution in [2.24, 2.45) is 0 Å². The van der Waals surface area contributed by atoms with Crippen molar-refractivity contribution in [3.63, 3.8) is 0 Å². The lowest BCUT2D eigenvalue weighted by atomic mass is 9.81. The number of hydrogen-bond acceptors (Lipinski definition) is 3. The van der Waals surface area contributed by atoms with Gasteiger partial charge in [-0.25, -0.2) is 0 Å². The molecule has 0 atom stereocenters. The number of anilines is 3.